The Morgan fingerprint density at radius 2 is 1.92 bits per heavy atom. The van der Waals surface area contributed by atoms with Crippen molar-refractivity contribution in [3.05, 3.63) is 64.1 Å². The van der Waals surface area contributed by atoms with Gasteiger partial charge in [-0.1, -0.05) is 59.6 Å². The molecule has 1 fully saturated rings. The monoisotopic (exact) mass is 362 g/mol. The Morgan fingerprint density at radius 1 is 1.17 bits per heavy atom. The number of carbonyl (C=O) groups is 1. The van der Waals surface area contributed by atoms with E-state index in [1.165, 1.54) is 0 Å². The minimum absolute atomic E-state index is 0.0430. The van der Waals surface area contributed by atoms with Crippen LogP contribution in [0.3, 0.4) is 0 Å². The van der Waals surface area contributed by atoms with Crippen molar-refractivity contribution in [2.45, 2.75) is 25.0 Å². The fourth-order valence-electron chi connectivity index (χ4n) is 2.74. The Hall–Kier alpha value is -1.81. The molecule has 0 unspecified atom stereocenters. The van der Waals surface area contributed by atoms with Gasteiger partial charge in [0.2, 0.25) is 0 Å². The van der Waals surface area contributed by atoms with Crippen LogP contribution in [0.1, 0.15) is 18.4 Å². The van der Waals surface area contributed by atoms with Gasteiger partial charge in [0.1, 0.15) is 6.10 Å². The van der Waals surface area contributed by atoms with Crippen molar-refractivity contribution in [2.24, 2.45) is 0 Å². The Kier molecular flexibility index (Phi) is 5.24. The lowest BCUT2D eigenvalue weighted by Crippen LogP contribution is -2.31. The first-order valence-corrected chi connectivity index (χ1v) is 8.39. The van der Waals surface area contributed by atoms with Crippen molar-refractivity contribution < 1.29 is 14.6 Å². The molecule has 2 atom stereocenters. The number of halogens is 2. The normalized spacial score (nSPS) is 21.0. The highest BCUT2D eigenvalue weighted by molar-refractivity contribution is 6.36. The fraction of sp³-hybridized carbons (Fsp3) is 0.211. The lowest BCUT2D eigenvalue weighted by molar-refractivity contribution is -0.156. The maximum atomic E-state index is 11.4. The standard InChI is InChI=1S/C19H16Cl2O3/c20-13-8-17(12-4-2-1-3-5-12)16(18(21)9-13)7-6-15-10-14(22)11-19(23)24-15/h1-9,14-15,22H,10-11H2/b7-6+/t14-,15-/m1/s1. The molecule has 24 heavy (non-hydrogen) atoms. The molecule has 1 N–H and O–H groups in total. The first-order valence-electron chi connectivity index (χ1n) is 7.63. The highest BCUT2D eigenvalue weighted by Gasteiger charge is 2.25. The van der Waals surface area contributed by atoms with E-state index in [9.17, 15) is 9.90 Å². The summed E-state index contributed by atoms with van der Waals surface area (Å²) in [6.45, 7) is 0. The first-order chi connectivity index (χ1) is 11.5. The Morgan fingerprint density at radius 3 is 2.62 bits per heavy atom. The minimum Gasteiger partial charge on any atom is -0.458 e. The molecule has 1 aliphatic heterocycles. The van der Waals surface area contributed by atoms with Crippen LogP contribution in [-0.2, 0) is 9.53 Å². The molecule has 0 amide bonds. The molecule has 3 nitrogen and oxygen atoms in total. The number of benzene rings is 2. The maximum Gasteiger partial charge on any atom is 0.309 e. The van der Waals surface area contributed by atoms with Crippen molar-refractivity contribution in [2.75, 3.05) is 0 Å². The molecule has 2 aromatic carbocycles. The van der Waals surface area contributed by atoms with Gasteiger partial charge in [0.15, 0.2) is 0 Å². The molecule has 2 aromatic rings. The van der Waals surface area contributed by atoms with E-state index < -0.39 is 18.2 Å². The number of aliphatic hydroxyl groups is 1. The molecule has 1 aliphatic rings. The predicted molar refractivity (Wildman–Crippen MR) is 96.1 cm³/mol. The van der Waals surface area contributed by atoms with E-state index in [4.69, 9.17) is 27.9 Å². The number of aliphatic hydroxyl groups excluding tert-OH is 1. The summed E-state index contributed by atoms with van der Waals surface area (Å²) in [6, 6.07) is 13.3. The summed E-state index contributed by atoms with van der Waals surface area (Å²) in [5.41, 5.74) is 2.68. The number of rotatable bonds is 3. The van der Waals surface area contributed by atoms with Gasteiger partial charge in [-0.25, -0.2) is 0 Å². The first kappa shape index (κ1) is 17.0. The van der Waals surface area contributed by atoms with Gasteiger partial charge in [-0.3, -0.25) is 4.79 Å². The topological polar surface area (TPSA) is 46.5 Å². The summed E-state index contributed by atoms with van der Waals surface area (Å²) >= 11 is 12.5. The van der Waals surface area contributed by atoms with Crippen molar-refractivity contribution in [1.82, 2.24) is 0 Å². The molecule has 0 aromatic heterocycles. The summed E-state index contributed by atoms with van der Waals surface area (Å²) in [7, 11) is 0. The van der Waals surface area contributed by atoms with E-state index in [2.05, 4.69) is 0 Å². The number of hydrogen-bond acceptors (Lipinski definition) is 3. The zero-order chi connectivity index (χ0) is 17.1. The quantitative estimate of drug-likeness (QED) is 0.802. The van der Waals surface area contributed by atoms with Crippen LogP contribution in [0.2, 0.25) is 10.0 Å². The summed E-state index contributed by atoms with van der Waals surface area (Å²) < 4.78 is 5.23. The van der Waals surface area contributed by atoms with Gasteiger partial charge in [0.05, 0.1) is 12.5 Å². The molecule has 1 heterocycles. The smallest absolute Gasteiger partial charge is 0.309 e. The number of ether oxygens (including phenoxy) is 1. The molecular formula is C19H16Cl2O3. The van der Waals surface area contributed by atoms with Crippen molar-refractivity contribution in [1.29, 1.82) is 0 Å². The van der Waals surface area contributed by atoms with Crippen LogP contribution in [0, 0.1) is 0 Å². The second-order valence-corrected chi connectivity index (χ2v) is 6.54. The molecule has 0 radical (unpaired) electrons. The second kappa shape index (κ2) is 7.39. The van der Waals surface area contributed by atoms with Crippen LogP contribution in [-0.4, -0.2) is 23.3 Å². The summed E-state index contributed by atoms with van der Waals surface area (Å²) in [4.78, 5) is 11.4. The zero-order valence-electron chi connectivity index (χ0n) is 12.8. The Balaban J connectivity index is 1.95. The summed E-state index contributed by atoms with van der Waals surface area (Å²) in [5, 5.41) is 10.8. The largest absolute Gasteiger partial charge is 0.458 e. The maximum absolute atomic E-state index is 11.4. The average molecular weight is 363 g/mol. The molecule has 0 aliphatic carbocycles. The number of hydrogen-bond donors (Lipinski definition) is 1. The van der Waals surface area contributed by atoms with Gasteiger partial charge in [-0.05, 0) is 29.3 Å². The van der Waals surface area contributed by atoms with Gasteiger partial charge in [0, 0.05) is 22.0 Å². The van der Waals surface area contributed by atoms with E-state index >= 15 is 0 Å². The van der Waals surface area contributed by atoms with Crippen molar-refractivity contribution in [3.63, 3.8) is 0 Å². The zero-order valence-corrected chi connectivity index (χ0v) is 14.3. The molecule has 0 spiro atoms. The van der Waals surface area contributed by atoms with Crippen molar-refractivity contribution in [3.8, 4) is 11.1 Å². The van der Waals surface area contributed by atoms with Gasteiger partial charge >= 0.3 is 5.97 Å². The number of esters is 1. The molecule has 5 heteroatoms. The summed E-state index contributed by atoms with van der Waals surface area (Å²) in [6.07, 6.45) is 2.86. The third-order valence-corrected chi connectivity index (χ3v) is 4.38. The lowest BCUT2D eigenvalue weighted by atomic mass is 9.98. The molecule has 0 saturated carbocycles. The van der Waals surface area contributed by atoms with Crippen LogP contribution >= 0.6 is 23.2 Å². The predicted octanol–water partition coefficient (Wildman–Crippen LogP) is 4.74. The molecule has 0 bridgehead atoms. The molecule has 124 valence electrons. The van der Waals surface area contributed by atoms with E-state index in [0.717, 1.165) is 16.7 Å². The fourth-order valence-corrected chi connectivity index (χ4v) is 3.30. The van der Waals surface area contributed by atoms with Crippen molar-refractivity contribution >= 4 is 35.2 Å². The van der Waals surface area contributed by atoms with Gasteiger partial charge in [-0.2, -0.15) is 0 Å². The van der Waals surface area contributed by atoms with Gasteiger partial charge in [0.25, 0.3) is 0 Å². The Bertz CT molecular complexity index is 772. The third kappa shape index (κ3) is 3.99. The van der Waals surface area contributed by atoms with Crippen LogP contribution in [0.25, 0.3) is 17.2 Å². The summed E-state index contributed by atoms with van der Waals surface area (Å²) in [5.74, 6) is -0.395. The van der Waals surface area contributed by atoms with E-state index in [1.807, 2.05) is 42.5 Å². The minimum atomic E-state index is -0.671. The van der Waals surface area contributed by atoms with Crippen LogP contribution < -0.4 is 0 Å². The average Bonchev–Trinajstić information content (AvgIpc) is 2.53. The van der Waals surface area contributed by atoms with E-state index in [0.29, 0.717) is 16.5 Å². The SMILES string of the molecule is O=C1C[C@H](O)C[C@@H](/C=C/c2c(Cl)cc(Cl)cc2-c2ccccc2)O1. The van der Waals surface area contributed by atoms with Gasteiger partial charge < -0.3 is 9.84 Å². The number of carbonyl (C=O) groups excluding carboxylic acids is 1. The second-order valence-electron chi connectivity index (χ2n) is 5.70. The highest BCUT2D eigenvalue weighted by Crippen LogP contribution is 2.34. The van der Waals surface area contributed by atoms with E-state index in [-0.39, 0.29) is 6.42 Å². The Labute approximate surface area is 150 Å². The lowest BCUT2D eigenvalue weighted by Gasteiger charge is -2.23. The molecule has 3 rings (SSSR count). The van der Waals surface area contributed by atoms with Gasteiger partial charge in [-0.15, -0.1) is 0 Å². The van der Waals surface area contributed by atoms with Crippen LogP contribution in [0.5, 0.6) is 0 Å². The third-order valence-electron chi connectivity index (χ3n) is 3.85. The molecular weight excluding hydrogens is 347 g/mol. The van der Waals surface area contributed by atoms with E-state index in [1.54, 1.807) is 12.1 Å². The molecule has 1 saturated heterocycles. The number of cyclic esters (lactones) is 1. The van der Waals surface area contributed by atoms with Crippen LogP contribution in [0.4, 0.5) is 0 Å². The highest BCUT2D eigenvalue weighted by atomic mass is 35.5. The van der Waals surface area contributed by atoms with Crippen LogP contribution in [0.15, 0.2) is 48.5 Å².